The Morgan fingerprint density at radius 3 is 2.04 bits per heavy atom. The molecule has 0 bridgehead atoms. The second kappa shape index (κ2) is 8.35. The van der Waals surface area contributed by atoms with E-state index in [-0.39, 0.29) is 5.92 Å². The molecule has 0 spiro atoms. The van der Waals surface area contributed by atoms with E-state index in [1.165, 1.54) is 0 Å². The maximum absolute atomic E-state index is 12.4. The Morgan fingerprint density at radius 1 is 1.00 bits per heavy atom. The Labute approximate surface area is 162 Å². The zero-order valence-corrected chi connectivity index (χ0v) is 18.1. The Balaban J connectivity index is 2.80. The molecule has 0 saturated carbocycles. The molecule has 0 radical (unpaired) electrons. The Bertz CT molecular complexity index is 567. The molecule has 1 atom stereocenters. The fraction of sp³-hybridized carbons (Fsp3) is 0.842. The lowest BCUT2D eigenvalue weighted by Gasteiger charge is -2.24. The molecule has 2 amide bonds. The molecule has 1 heterocycles. The first-order valence-electron chi connectivity index (χ1n) is 9.25. The summed E-state index contributed by atoms with van der Waals surface area (Å²) in [6.45, 7) is 17.5. The number of hydrogen-bond acceptors (Lipinski definition) is 6. The predicted molar refractivity (Wildman–Crippen MR) is 104 cm³/mol. The summed E-state index contributed by atoms with van der Waals surface area (Å²) in [6.07, 6.45) is -0.917. The number of amides is 2. The second-order valence-corrected chi connectivity index (χ2v) is 9.73. The Morgan fingerprint density at radius 2 is 1.56 bits per heavy atom. The zero-order valence-electron chi connectivity index (χ0n) is 18.1. The molecule has 1 aliphatic rings. The summed E-state index contributed by atoms with van der Waals surface area (Å²) in [5.41, 5.74) is -0.917. The third-order valence-corrected chi connectivity index (χ3v) is 3.25. The lowest BCUT2D eigenvalue weighted by molar-refractivity contribution is -0.00000414. The second-order valence-electron chi connectivity index (χ2n) is 9.73. The van der Waals surface area contributed by atoms with Crippen LogP contribution in [0.2, 0.25) is 0 Å². The molecule has 1 aliphatic heterocycles. The van der Waals surface area contributed by atoms with Gasteiger partial charge in [0.15, 0.2) is 0 Å². The van der Waals surface area contributed by atoms with Crippen LogP contribution in [0.15, 0.2) is 5.16 Å². The van der Waals surface area contributed by atoms with Gasteiger partial charge >= 0.3 is 12.2 Å². The van der Waals surface area contributed by atoms with E-state index in [9.17, 15) is 9.59 Å². The van der Waals surface area contributed by atoms with Crippen LogP contribution in [0, 0.1) is 5.92 Å². The average Bonchev–Trinajstić information content (AvgIpc) is 2.82. The third-order valence-electron chi connectivity index (χ3n) is 3.25. The monoisotopic (exact) mass is 385 g/mol. The summed E-state index contributed by atoms with van der Waals surface area (Å²) in [4.78, 5) is 31.4. The quantitative estimate of drug-likeness (QED) is 0.751. The highest BCUT2D eigenvalue weighted by Gasteiger charge is 2.35. The van der Waals surface area contributed by atoms with Crippen molar-refractivity contribution >= 4 is 17.9 Å². The molecule has 1 rings (SSSR count). The minimum absolute atomic E-state index is 0.174. The van der Waals surface area contributed by atoms with Gasteiger partial charge in [-0.3, -0.25) is 0 Å². The molecule has 27 heavy (non-hydrogen) atoms. The zero-order chi connectivity index (χ0) is 21.0. The number of oxime groups is 1. The highest BCUT2D eigenvalue weighted by Crippen LogP contribution is 2.19. The molecular weight excluding hydrogens is 350 g/mol. The highest BCUT2D eigenvalue weighted by molar-refractivity contribution is 5.94. The number of nitrogens with one attached hydrogen (secondary N) is 1. The molecule has 156 valence electrons. The molecule has 8 nitrogen and oxygen atoms in total. The van der Waals surface area contributed by atoms with Crippen molar-refractivity contribution in [2.45, 2.75) is 79.1 Å². The van der Waals surface area contributed by atoms with Crippen LogP contribution in [-0.4, -0.2) is 59.2 Å². The molecule has 1 fully saturated rings. The Kier molecular flexibility index (Phi) is 7.13. The maximum atomic E-state index is 12.4. The van der Waals surface area contributed by atoms with Gasteiger partial charge in [0.25, 0.3) is 0 Å². The van der Waals surface area contributed by atoms with Crippen molar-refractivity contribution in [2.24, 2.45) is 11.1 Å². The van der Waals surface area contributed by atoms with Crippen molar-refractivity contribution in [1.82, 2.24) is 10.2 Å². The smallest absolute Gasteiger partial charge is 0.410 e. The van der Waals surface area contributed by atoms with Gasteiger partial charge in [0.2, 0.25) is 0 Å². The van der Waals surface area contributed by atoms with E-state index in [0.717, 1.165) is 0 Å². The SMILES string of the molecule is CC(C)(C)ON=C1CN(C(=O)OC(C)(C)C)CC1CNC(=O)OC(C)(C)C. The van der Waals surface area contributed by atoms with Gasteiger partial charge in [-0.15, -0.1) is 0 Å². The first-order chi connectivity index (χ1) is 12.1. The molecule has 0 aromatic carbocycles. The summed E-state index contributed by atoms with van der Waals surface area (Å²) in [5.74, 6) is -0.174. The van der Waals surface area contributed by atoms with Gasteiger partial charge in [-0.1, -0.05) is 5.16 Å². The van der Waals surface area contributed by atoms with Crippen LogP contribution >= 0.6 is 0 Å². The molecule has 0 aromatic heterocycles. The van der Waals surface area contributed by atoms with Gasteiger partial charge in [0, 0.05) is 19.0 Å². The first kappa shape index (κ1) is 23.0. The van der Waals surface area contributed by atoms with Crippen molar-refractivity contribution in [3.05, 3.63) is 0 Å². The van der Waals surface area contributed by atoms with Crippen LogP contribution in [-0.2, 0) is 14.3 Å². The molecule has 0 aliphatic carbocycles. The third kappa shape index (κ3) is 9.49. The fourth-order valence-corrected chi connectivity index (χ4v) is 2.23. The van der Waals surface area contributed by atoms with Gasteiger partial charge in [-0.25, -0.2) is 9.59 Å². The van der Waals surface area contributed by atoms with Gasteiger partial charge in [0.1, 0.15) is 16.8 Å². The molecule has 1 unspecified atom stereocenters. The van der Waals surface area contributed by atoms with Crippen molar-refractivity contribution in [2.75, 3.05) is 19.6 Å². The van der Waals surface area contributed by atoms with Crippen LogP contribution in [0.25, 0.3) is 0 Å². The van der Waals surface area contributed by atoms with E-state index in [1.54, 1.807) is 25.7 Å². The summed E-state index contributed by atoms with van der Waals surface area (Å²) >= 11 is 0. The van der Waals surface area contributed by atoms with Crippen LogP contribution in [0.4, 0.5) is 9.59 Å². The van der Waals surface area contributed by atoms with Crippen LogP contribution in [0.1, 0.15) is 62.3 Å². The van der Waals surface area contributed by atoms with Crippen molar-refractivity contribution < 1.29 is 23.9 Å². The number of carbonyl (C=O) groups excluding carboxylic acids is 2. The minimum atomic E-state index is -0.580. The summed E-state index contributed by atoms with van der Waals surface area (Å²) < 4.78 is 10.7. The van der Waals surface area contributed by atoms with Crippen LogP contribution in [0.5, 0.6) is 0 Å². The molecule has 1 N–H and O–H groups in total. The van der Waals surface area contributed by atoms with Crippen LogP contribution in [0.3, 0.4) is 0 Å². The lowest BCUT2D eigenvalue weighted by atomic mass is 10.1. The van der Waals surface area contributed by atoms with Gasteiger partial charge in [-0.05, 0) is 62.3 Å². The summed E-state index contributed by atoms with van der Waals surface area (Å²) in [7, 11) is 0. The highest BCUT2D eigenvalue weighted by atomic mass is 16.6. The number of hydrogen-bond donors (Lipinski definition) is 1. The number of nitrogens with zero attached hydrogens (tertiary/aromatic N) is 2. The predicted octanol–water partition coefficient (Wildman–Crippen LogP) is 3.55. The molecule has 8 heteroatoms. The molecule has 0 aromatic rings. The van der Waals surface area contributed by atoms with E-state index in [0.29, 0.717) is 25.3 Å². The number of carbonyl (C=O) groups is 2. The first-order valence-corrected chi connectivity index (χ1v) is 9.25. The summed E-state index contributed by atoms with van der Waals surface area (Å²) in [5, 5.41) is 6.97. The lowest BCUT2D eigenvalue weighted by Crippen LogP contribution is -2.38. The van der Waals surface area contributed by atoms with E-state index in [1.807, 2.05) is 41.5 Å². The van der Waals surface area contributed by atoms with Gasteiger partial charge in [-0.2, -0.15) is 0 Å². The van der Waals surface area contributed by atoms with E-state index in [4.69, 9.17) is 14.3 Å². The maximum Gasteiger partial charge on any atom is 0.410 e. The fourth-order valence-electron chi connectivity index (χ4n) is 2.23. The number of alkyl carbamates (subject to hydrolysis) is 1. The van der Waals surface area contributed by atoms with Crippen molar-refractivity contribution in [3.8, 4) is 0 Å². The standard InChI is InChI=1S/C19H35N3O5/c1-17(2,3)25-15(23)20-10-13-11-22(16(24)26-18(4,5)6)12-14(13)21-27-19(7,8)9/h13H,10-12H2,1-9H3,(H,20,23). The van der Waals surface area contributed by atoms with E-state index < -0.39 is 29.0 Å². The Hall–Kier alpha value is -1.99. The molecule has 1 saturated heterocycles. The minimum Gasteiger partial charge on any atom is -0.444 e. The topological polar surface area (TPSA) is 89.5 Å². The normalized spacial score (nSPS) is 19.8. The van der Waals surface area contributed by atoms with Crippen molar-refractivity contribution in [1.29, 1.82) is 0 Å². The number of ether oxygens (including phenoxy) is 2. The van der Waals surface area contributed by atoms with Gasteiger partial charge < -0.3 is 24.5 Å². The number of rotatable bonds is 3. The van der Waals surface area contributed by atoms with Crippen LogP contribution < -0.4 is 5.32 Å². The summed E-state index contributed by atoms with van der Waals surface area (Å²) in [6, 6.07) is 0. The van der Waals surface area contributed by atoms with E-state index >= 15 is 0 Å². The largest absolute Gasteiger partial charge is 0.444 e. The average molecular weight is 386 g/mol. The van der Waals surface area contributed by atoms with E-state index in [2.05, 4.69) is 10.5 Å². The molecular formula is C19H35N3O5. The van der Waals surface area contributed by atoms with Gasteiger partial charge in [0.05, 0.1) is 12.3 Å². The number of likely N-dealkylation sites (tertiary alicyclic amines) is 1. The van der Waals surface area contributed by atoms with Crippen molar-refractivity contribution in [3.63, 3.8) is 0 Å².